The molecule has 2 aromatic rings. The van der Waals surface area contributed by atoms with Gasteiger partial charge in [0, 0.05) is 19.2 Å². The zero-order valence-corrected chi connectivity index (χ0v) is 13.7. The minimum atomic E-state index is -0.955. The van der Waals surface area contributed by atoms with Crippen LogP contribution >= 0.6 is 0 Å². The van der Waals surface area contributed by atoms with Crippen LogP contribution in [0.3, 0.4) is 0 Å². The Morgan fingerprint density at radius 1 is 1.28 bits per heavy atom. The smallest absolute Gasteiger partial charge is 0.325 e. The van der Waals surface area contributed by atoms with E-state index in [9.17, 15) is 13.6 Å². The van der Waals surface area contributed by atoms with Crippen molar-refractivity contribution in [2.45, 2.75) is 31.7 Å². The first-order valence-corrected chi connectivity index (χ1v) is 8.30. The number of halogens is 2. The van der Waals surface area contributed by atoms with Crippen LogP contribution in [0, 0.1) is 11.6 Å². The SMILES string of the molecule is O=C(O)Cn1cc(CCN2CCC(c3cccc(F)c3F)CC2)nn1. The molecule has 134 valence electrons. The summed E-state index contributed by atoms with van der Waals surface area (Å²) in [5.41, 5.74) is 1.22. The molecule has 0 amide bonds. The van der Waals surface area contributed by atoms with Crippen molar-refractivity contribution in [3.05, 3.63) is 47.3 Å². The van der Waals surface area contributed by atoms with E-state index in [1.807, 2.05) is 0 Å². The number of rotatable bonds is 6. The summed E-state index contributed by atoms with van der Waals surface area (Å²) >= 11 is 0. The normalized spacial score (nSPS) is 16.2. The predicted octanol–water partition coefficient (Wildman–Crippen LogP) is 2.06. The van der Waals surface area contributed by atoms with E-state index < -0.39 is 17.6 Å². The van der Waals surface area contributed by atoms with Gasteiger partial charge in [-0.25, -0.2) is 13.5 Å². The lowest BCUT2D eigenvalue weighted by atomic mass is 9.89. The third-order valence-corrected chi connectivity index (χ3v) is 4.58. The van der Waals surface area contributed by atoms with Gasteiger partial charge in [0.05, 0.1) is 5.69 Å². The number of aliphatic carboxylic acids is 1. The summed E-state index contributed by atoms with van der Waals surface area (Å²) in [6.45, 7) is 2.20. The molecule has 1 aromatic heterocycles. The zero-order valence-electron chi connectivity index (χ0n) is 13.7. The van der Waals surface area contributed by atoms with Gasteiger partial charge >= 0.3 is 5.97 Å². The summed E-state index contributed by atoms with van der Waals surface area (Å²) in [5, 5.41) is 16.5. The maximum Gasteiger partial charge on any atom is 0.325 e. The molecule has 6 nitrogen and oxygen atoms in total. The molecule has 3 rings (SSSR count). The van der Waals surface area contributed by atoms with E-state index in [0.29, 0.717) is 12.0 Å². The minimum absolute atomic E-state index is 0.0448. The van der Waals surface area contributed by atoms with Gasteiger partial charge < -0.3 is 10.0 Å². The van der Waals surface area contributed by atoms with Crippen molar-refractivity contribution < 1.29 is 18.7 Å². The molecule has 0 bridgehead atoms. The first kappa shape index (κ1) is 17.5. The summed E-state index contributed by atoms with van der Waals surface area (Å²) in [5.74, 6) is -2.42. The average Bonchev–Trinajstić information content (AvgIpc) is 3.03. The van der Waals surface area contributed by atoms with E-state index >= 15 is 0 Å². The molecule has 0 atom stereocenters. The molecule has 0 spiro atoms. The lowest BCUT2D eigenvalue weighted by Gasteiger charge is -2.32. The minimum Gasteiger partial charge on any atom is -0.480 e. The Kier molecular flexibility index (Phi) is 5.37. The van der Waals surface area contributed by atoms with E-state index in [1.54, 1.807) is 18.3 Å². The summed E-state index contributed by atoms with van der Waals surface area (Å²) in [4.78, 5) is 12.9. The Balaban J connectivity index is 1.49. The van der Waals surface area contributed by atoms with Crippen molar-refractivity contribution in [1.29, 1.82) is 0 Å². The number of nitrogens with zero attached hydrogens (tertiary/aromatic N) is 4. The third kappa shape index (κ3) is 4.39. The Morgan fingerprint density at radius 3 is 2.76 bits per heavy atom. The van der Waals surface area contributed by atoms with E-state index in [2.05, 4.69) is 15.2 Å². The summed E-state index contributed by atoms with van der Waals surface area (Å²) in [6.07, 6.45) is 3.89. The number of carboxylic acid groups (broad SMARTS) is 1. The lowest BCUT2D eigenvalue weighted by molar-refractivity contribution is -0.137. The van der Waals surface area contributed by atoms with Crippen LogP contribution in [0.25, 0.3) is 0 Å². The molecule has 8 heteroatoms. The number of aromatic nitrogens is 3. The van der Waals surface area contributed by atoms with E-state index in [4.69, 9.17) is 5.11 Å². The van der Waals surface area contributed by atoms with E-state index in [-0.39, 0.29) is 12.5 Å². The third-order valence-electron chi connectivity index (χ3n) is 4.58. The molecule has 1 fully saturated rings. The quantitative estimate of drug-likeness (QED) is 0.863. The van der Waals surface area contributed by atoms with Crippen molar-refractivity contribution in [2.24, 2.45) is 0 Å². The van der Waals surface area contributed by atoms with Crippen molar-refractivity contribution in [3.63, 3.8) is 0 Å². The second-order valence-corrected chi connectivity index (χ2v) is 6.31. The molecule has 1 aromatic carbocycles. The van der Waals surface area contributed by atoms with Gasteiger partial charge in [0.25, 0.3) is 0 Å². The number of likely N-dealkylation sites (tertiary alicyclic amines) is 1. The Labute approximate surface area is 144 Å². The van der Waals surface area contributed by atoms with Crippen LogP contribution in [0.5, 0.6) is 0 Å². The fraction of sp³-hybridized carbons (Fsp3) is 0.471. The van der Waals surface area contributed by atoms with Gasteiger partial charge in [-0.3, -0.25) is 4.79 Å². The fourth-order valence-electron chi connectivity index (χ4n) is 3.24. The zero-order chi connectivity index (χ0) is 17.8. The number of hydrogen-bond acceptors (Lipinski definition) is 4. The summed E-state index contributed by atoms with van der Waals surface area (Å²) in [6, 6.07) is 4.37. The standard InChI is InChI=1S/C17H20F2N4O2/c18-15-3-1-2-14(17(15)19)12-4-7-22(8-5-12)9-6-13-10-23(21-20-13)11-16(24)25/h1-3,10,12H,4-9,11H2,(H,24,25). The van der Waals surface area contributed by atoms with E-state index in [0.717, 1.165) is 44.2 Å². The number of carboxylic acids is 1. The topological polar surface area (TPSA) is 71.2 Å². The number of piperidine rings is 1. The number of hydrogen-bond donors (Lipinski definition) is 1. The molecule has 2 heterocycles. The highest BCUT2D eigenvalue weighted by molar-refractivity contribution is 5.66. The molecule has 0 unspecified atom stereocenters. The molecule has 0 aliphatic carbocycles. The largest absolute Gasteiger partial charge is 0.480 e. The Morgan fingerprint density at radius 2 is 2.04 bits per heavy atom. The van der Waals surface area contributed by atoms with Gasteiger partial charge in [0.15, 0.2) is 11.6 Å². The maximum atomic E-state index is 13.9. The van der Waals surface area contributed by atoms with Gasteiger partial charge in [-0.15, -0.1) is 5.10 Å². The molecule has 25 heavy (non-hydrogen) atoms. The van der Waals surface area contributed by atoms with Crippen LogP contribution in [0.2, 0.25) is 0 Å². The monoisotopic (exact) mass is 350 g/mol. The molecule has 1 N–H and O–H groups in total. The van der Waals surface area contributed by atoms with Crippen LogP contribution in [-0.2, 0) is 17.8 Å². The van der Waals surface area contributed by atoms with Gasteiger partial charge in [-0.05, 0) is 43.5 Å². The Bertz CT molecular complexity index is 742. The number of carbonyl (C=O) groups is 1. The second-order valence-electron chi connectivity index (χ2n) is 6.31. The molecule has 1 saturated heterocycles. The van der Waals surface area contributed by atoms with Gasteiger partial charge in [0.2, 0.25) is 0 Å². The van der Waals surface area contributed by atoms with Crippen molar-refractivity contribution in [1.82, 2.24) is 19.9 Å². The predicted molar refractivity (Wildman–Crippen MR) is 86.1 cm³/mol. The highest BCUT2D eigenvalue weighted by atomic mass is 19.2. The van der Waals surface area contributed by atoms with Crippen molar-refractivity contribution in [2.75, 3.05) is 19.6 Å². The molecule has 1 aliphatic rings. The lowest BCUT2D eigenvalue weighted by Crippen LogP contribution is -2.34. The average molecular weight is 350 g/mol. The van der Waals surface area contributed by atoms with Gasteiger partial charge in [0.1, 0.15) is 6.54 Å². The number of benzene rings is 1. The molecular weight excluding hydrogens is 330 g/mol. The van der Waals surface area contributed by atoms with Gasteiger partial charge in [-0.2, -0.15) is 0 Å². The molecule has 0 saturated carbocycles. The maximum absolute atomic E-state index is 13.9. The summed E-state index contributed by atoms with van der Waals surface area (Å²) < 4.78 is 28.6. The fourth-order valence-corrected chi connectivity index (χ4v) is 3.24. The van der Waals surface area contributed by atoms with Crippen molar-refractivity contribution in [3.8, 4) is 0 Å². The second kappa shape index (κ2) is 7.69. The van der Waals surface area contributed by atoms with Crippen LogP contribution in [-0.4, -0.2) is 50.6 Å². The molecule has 1 aliphatic heterocycles. The van der Waals surface area contributed by atoms with Crippen LogP contribution in [0.1, 0.15) is 30.0 Å². The van der Waals surface area contributed by atoms with Crippen molar-refractivity contribution >= 4 is 5.97 Å². The van der Waals surface area contributed by atoms with Crippen LogP contribution in [0.15, 0.2) is 24.4 Å². The first-order valence-electron chi connectivity index (χ1n) is 8.30. The summed E-state index contributed by atoms with van der Waals surface area (Å²) in [7, 11) is 0. The Hall–Kier alpha value is -2.35. The highest BCUT2D eigenvalue weighted by Gasteiger charge is 2.24. The van der Waals surface area contributed by atoms with Crippen LogP contribution < -0.4 is 0 Å². The van der Waals surface area contributed by atoms with E-state index in [1.165, 1.54) is 4.68 Å². The first-order chi connectivity index (χ1) is 12.0. The van der Waals surface area contributed by atoms with Crippen LogP contribution in [0.4, 0.5) is 8.78 Å². The van der Waals surface area contributed by atoms with Gasteiger partial charge in [-0.1, -0.05) is 17.3 Å². The molecular formula is C17H20F2N4O2. The highest BCUT2D eigenvalue weighted by Crippen LogP contribution is 2.30. The molecule has 0 radical (unpaired) electrons.